The second kappa shape index (κ2) is 5.46. The third-order valence-electron chi connectivity index (χ3n) is 4.13. The minimum absolute atomic E-state index is 0.197. The van der Waals surface area contributed by atoms with E-state index in [1.54, 1.807) is 16.8 Å². The Morgan fingerprint density at radius 2 is 2.00 bits per heavy atom. The van der Waals surface area contributed by atoms with E-state index in [4.69, 9.17) is 0 Å². The first-order valence-electron chi connectivity index (χ1n) is 7.58. The first-order valence-corrected chi connectivity index (χ1v) is 7.58. The monoisotopic (exact) mass is 309 g/mol. The van der Waals surface area contributed by atoms with Crippen molar-refractivity contribution in [1.82, 2.24) is 20.2 Å². The van der Waals surface area contributed by atoms with Crippen LogP contribution in [-0.2, 0) is 0 Å². The summed E-state index contributed by atoms with van der Waals surface area (Å²) in [6.07, 6.45) is 0.949. The fraction of sp³-hybridized carbons (Fsp3) is 0.235. The van der Waals surface area contributed by atoms with E-state index in [0.29, 0.717) is 11.9 Å². The van der Waals surface area contributed by atoms with Gasteiger partial charge in [0.25, 0.3) is 0 Å². The van der Waals surface area contributed by atoms with Crippen LogP contribution in [-0.4, -0.2) is 26.2 Å². The molecule has 1 aromatic heterocycles. The Hall–Kier alpha value is -2.76. The minimum Gasteiger partial charge on any atom is -0.349 e. The number of tetrazole rings is 1. The van der Waals surface area contributed by atoms with Crippen molar-refractivity contribution in [1.29, 1.82) is 0 Å². The van der Waals surface area contributed by atoms with E-state index in [-0.39, 0.29) is 11.9 Å². The maximum absolute atomic E-state index is 13.3. The predicted molar refractivity (Wildman–Crippen MR) is 85.1 cm³/mol. The van der Waals surface area contributed by atoms with Crippen LogP contribution in [0.15, 0.2) is 48.5 Å². The van der Waals surface area contributed by atoms with Crippen molar-refractivity contribution < 1.29 is 4.39 Å². The standard InChI is InChI=1S/C17H16FN5/c1-11-5-7-14(8-6-11)23-17(20-21-22-23)19-16-10-15(16)12-3-2-4-13(18)9-12/h2-9,15-16H,10H2,1H3,(H,19,20,22)/t15-,16+/m0/s1. The number of anilines is 1. The largest absolute Gasteiger partial charge is 0.349 e. The summed E-state index contributed by atoms with van der Waals surface area (Å²) in [5.41, 5.74) is 3.10. The van der Waals surface area contributed by atoms with Crippen LogP contribution in [0.4, 0.5) is 10.3 Å². The molecule has 0 spiro atoms. The Balaban J connectivity index is 1.51. The van der Waals surface area contributed by atoms with Gasteiger partial charge in [0.1, 0.15) is 5.82 Å². The number of aryl methyl sites for hydroxylation is 1. The van der Waals surface area contributed by atoms with Gasteiger partial charge in [-0.15, -0.1) is 0 Å². The van der Waals surface area contributed by atoms with Gasteiger partial charge in [0.2, 0.25) is 5.95 Å². The highest BCUT2D eigenvalue weighted by molar-refractivity contribution is 5.43. The Kier molecular flexibility index (Phi) is 3.29. The summed E-state index contributed by atoms with van der Waals surface area (Å²) in [5.74, 6) is 0.712. The van der Waals surface area contributed by atoms with Crippen LogP contribution in [0.2, 0.25) is 0 Å². The lowest BCUT2D eigenvalue weighted by Gasteiger charge is -2.07. The fourth-order valence-corrected chi connectivity index (χ4v) is 2.76. The van der Waals surface area contributed by atoms with Gasteiger partial charge in [0.15, 0.2) is 0 Å². The second-order valence-corrected chi connectivity index (χ2v) is 5.90. The molecule has 23 heavy (non-hydrogen) atoms. The van der Waals surface area contributed by atoms with Crippen molar-refractivity contribution in [3.63, 3.8) is 0 Å². The summed E-state index contributed by atoms with van der Waals surface area (Å²) in [6.45, 7) is 2.04. The second-order valence-electron chi connectivity index (χ2n) is 5.90. The van der Waals surface area contributed by atoms with Crippen molar-refractivity contribution in [3.8, 4) is 5.69 Å². The summed E-state index contributed by atoms with van der Waals surface area (Å²) in [4.78, 5) is 0. The summed E-state index contributed by atoms with van der Waals surface area (Å²) < 4.78 is 15.0. The fourth-order valence-electron chi connectivity index (χ4n) is 2.76. The lowest BCUT2D eigenvalue weighted by Crippen LogP contribution is -2.10. The van der Waals surface area contributed by atoms with Crippen LogP contribution >= 0.6 is 0 Å². The first-order chi connectivity index (χ1) is 11.2. The van der Waals surface area contributed by atoms with Crippen molar-refractivity contribution in [3.05, 3.63) is 65.5 Å². The van der Waals surface area contributed by atoms with E-state index in [2.05, 4.69) is 20.8 Å². The number of benzene rings is 2. The lowest BCUT2D eigenvalue weighted by atomic mass is 10.1. The van der Waals surface area contributed by atoms with Crippen LogP contribution in [0.5, 0.6) is 0 Å². The summed E-state index contributed by atoms with van der Waals surface area (Å²) >= 11 is 0. The molecule has 0 saturated heterocycles. The average Bonchev–Trinajstić information content (AvgIpc) is 3.16. The van der Waals surface area contributed by atoms with Gasteiger partial charge in [-0.05, 0) is 53.6 Å². The predicted octanol–water partition coefficient (Wildman–Crippen LogP) is 3.08. The molecule has 0 unspecified atom stereocenters. The van der Waals surface area contributed by atoms with Crippen LogP contribution in [0.25, 0.3) is 5.69 Å². The van der Waals surface area contributed by atoms with Gasteiger partial charge in [-0.1, -0.05) is 34.9 Å². The molecule has 3 aromatic rings. The molecule has 0 radical (unpaired) electrons. The van der Waals surface area contributed by atoms with E-state index in [1.165, 1.54) is 11.6 Å². The van der Waals surface area contributed by atoms with Crippen LogP contribution in [0, 0.1) is 12.7 Å². The van der Waals surface area contributed by atoms with Crippen LogP contribution in [0.3, 0.4) is 0 Å². The number of hydrogen-bond donors (Lipinski definition) is 1. The summed E-state index contributed by atoms with van der Waals surface area (Å²) in [5, 5.41) is 15.2. The van der Waals surface area contributed by atoms with Gasteiger partial charge >= 0.3 is 0 Å². The third kappa shape index (κ3) is 2.79. The Bertz CT molecular complexity index is 827. The van der Waals surface area contributed by atoms with Gasteiger partial charge in [0, 0.05) is 12.0 Å². The van der Waals surface area contributed by atoms with E-state index in [1.807, 2.05) is 37.3 Å². The molecular weight excluding hydrogens is 293 g/mol. The third-order valence-corrected chi connectivity index (χ3v) is 4.13. The smallest absolute Gasteiger partial charge is 0.247 e. The van der Waals surface area contributed by atoms with Crippen LogP contribution < -0.4 is 5.32 Å². The Labute approximate surface area is 133 Å². The average molecular weight is 309 g/mol. The van der Waals surface area contributed by atoms with E-state index >= 15 is 0 Å². The van der Waals surface area contributed by atoms with E-state index in [9.17, 15) is 4.39 Å². The minimum atomic E-state index is -0.197. The highest BCUT2D eigenvalue weighted by Crippen LogP contribution is 2.42. The lowest BCUT2D eigenvalue weighted by molar-refractivity contribution is 0.625. The molecule has 4 rings (SSSR count). The Morgan fingerprint density at radius 3 is 2.78 bits per heavy atom. The molecule has 6 heteroatoms. The molecule has 1 aliphatic rings. The van der Waals surface area contributed by atoms with E-state index in [0.717, 1.165) is 17.7 Å². The molecule has 1 saturated carbocycles. The zero-order valence-electron chi connectivity index (χ0n) is 12.6. The SMILES string of the molecule is Cc1ccc(-n2nnnc2N[C@@H]2C[C@H]2c2cccc(F)c2)cc1. The topological polar surface area (TPSA) is 55.6 Å². The molecule has 1 aliphatic carbocycles. The number of nitrogens with one attached hydrogen (secondary N) is 1. The molecule has 2 aromatic carbocycles. The highest BCUT2D eigenvalue weighted by atomic mass is 19.1. The van der Waals surface area contributed by atoms with Crippen molar-refractivity contribution in [2.24, 2.45) is 0 Å². The molecule has 0 amide bonds. The summed E-state index contributed by atoms with van der Waals surface area (Å²) in [6, 6.07) is 15.0. The zero-order valence-corrected chi connectivity index (χ0v) is 12.6. The first kappa shape index (κ1) is 13.9. The van der Waals surface area contributed by atoms with Gasteiger partial charge in [-0.25, -0.2) is 4.39 Å². The van der Waals surface area contributed by atoms with Gasteiger partial charge in [-0.2, -0.15) is 4.68 Å². The molecule has 5 nitrogen and oxygen atoms in total. The van der Waals surface area contributed by atoms with Crippen molar-refractivity contribution in [2.75, 3.05) is 5.32 Å². The Morgan fingerprint density at radius 1 is 1.17 bits per heavy atom. The number of hydrogen-bond acceptors (Lipinski definition) is 4. The normalized spacial score (nSPS) is 19.6. The molecule has 0 aliphatic heterocycles. The van der Waals surface area contributed by atoms with Crippen molar-refractivity contribution in [2.45, 2.75) is 25.3 Å². The van der Waals surface area contributed by atoms with E-state index < -0.39 is 0 Å². The van der Waals surface area contributed by atoms with Gasteiger partial charge in [-0.3, -0.25) is 0 Å². The molecule has 1 N–H and O–H groups in total. The molecule has 1 fully saturated rings. The maximum Gasteiger partial charge on any atom is 0.247 e. The zero-order chi connectivity index (χ0) is 15.8. The molecule has 1 heterocycles. The number of nitrogens with zero attached hydrogens (tertiary/aromatic N) is 4. The number of halogens is 1. The van der Waals surface area contributed by atoms with Crippen molar-refractivity contribution >= 4 is 5.95 Å². The van der Waals surface area contributed by atoms with Gasteiger partial charge < -0.3 is 5.32 Å². The van der Waals surface area contributed by atoms with Gasteiger partial charge in [0.05, 0.1) is 5.69 Å². The molecule has 2 atom stereocenters. The quantitative estimate of drug-likeness (QED) is 0.804. The summed E-state index contributed by atoms with van der Waals surface area (Å²) in [7, 11) is 0. The number of aromatic nitrogens is 4. The molecule has 0 bridgehead atoms. The molecular formula is C17H16FN5. The number of rotatable bonds is 4. The van der Waals surface area contributed by atoms with Crippen LogP contribution in [0.1, 0.15) is 23.5 Å². The highest BCUT2D eigenvalue weighted by Gasteiger charge is 2.39. The maximum atomic E-state index is 13.3. The molecule has 116 valence electrons.